The first-order valence-corrected chi connectivity index (χ1v) is 5.43. The molecule has 0 fully saturated rings. The van der Waals surface area contributed by atoms with Crippen molar-refractivity contribution < 1.29 is 9.53 Å². The minimum absolute atomic E-state index is 0.287. The third kappa shape index (κ3) is 1.90. The molecule has 0 aliphatic heterocycles. The molecule has 1 aromatic heterocycles. The van der Waals surface area contributed by atoms with Gasteiger partial charge in [-0.25, -0.2) is 0 Å². The van der Waals surface area contributed by atoms with Crippen LogP contribution in [0.25, 0.3) is 10.9 Å². The van der Waals surface area contributed by atoms with Crippen molar-refractivity contribution in [2.24, 2.45) is 0 Å². The predicted molar refractivity (Wildman–Crippen MR) is 62.0 cm³/mol. The lowest BCUT2D eigenvalue weighted by atomic mass is 10.1. The van der Waals surface area contributed by atoms with Crippen LogP contribution in [0.2, 0.25) is 0 Å². The van der Waals surface area contributed by atoms with E-state index in [1.165, 1.54) is 7.11 Å². The van der Waals surface area contributed by atoms with Crippen molar-refractivity contribution in [3.05, 3.63) is 36.0 Å². The summed E-state index contributed by atoms with van der Waals surface area (Å²) >= 11 is 3.30. The Kier molecular flexibility index (Phi) is 2.77. The van der Waals surface area contributed by atoms with Gasteiger partial charge in [0.1, 0.15) is 4.83 Å². The molecule has 1 N–H and O–H groups in total. The zero-order valence-electron chi connectivity index (χ0n) is 8.16. The molecule has 1 aromatic carbocycles. The van der Waals surface area contributed by atoms with Gasteiger partial charge in [-0.05, 0) is 29.1 Å². The molecule has 1 atom stereocenters. The van der Waals surface area contributed by atoms with Gasteiger partial charge in [-0.2, -0.15) is 0 Å². The van der Waals surface area contributed by atoms with Crippen molar-refractivity contribution >= 4 is 32.8 Å². The molecule has 0 bridgehead atoms. The number of aromatic amines is 1. The Morgan fingerprint density at radius 1 is 1.47 bits per heavy atom. The minimum Gasteiger partial charge on any atom is -0.468 e. The number of halogens is 1. The Morgan fingerprint density at radius 3 is 3.00 bits per heavy atom. The summed E-state index contributed by atoms with van der Waals surface area (Å²) in [4.78, 5) is 14.0. The van der Waals surface area contributed by atoms with Gasteiger partial charge in [0.2, 0.25) is 0 Å². The van der Waals surface area contributed by atoms with Crippen LogP contribution in [-0.2, 0) is 9.53 Å². The number of benzene rings is 1. The van der Waals surface area contributed by atoms with E-state index in [2.05, 4.69) is 25.7 Å². The fourth-order valence-corrected chi connectivity index (χ4v) is 1.94. The average Bonchev–Trinajstić information content (AvgIpc) is 2.73. The van der Waals surface area contributed by atoms with Crippen LogP contribution in [0.5, 0.6) is 0 Å². The molecule has 3 nitrogen and oxygen atoms in total. The maximum absolute atomic E-state index is 11.3. The van der Waals surface area contributed by atoms with E-state index in [1.54, 1.807) is 0 Å². The van der Waals surface area contributed by atoms with E-state index >= 15 is 0 Å². The molecular formula is C11H10BrNO2. The molecule has 0 amide bonds. The van der Waals surface area contributed by atoms with Gasteiger partial charge in [0.25, 0.3) is 0 Å². The molecule has 15 heavy (non-hydrogen) atoms. The van der Waals surface area contributed by atoms with Gasteiger partial charge < -0.3 is 9.72 Å². The van der Waals surface area contributed by atoms with E-state index in [-0.39, 0.29) is 5.97 Å². The highest BCUT2D eigenvalue weighted by Gasteiger charge is 2.17. The Hall–Kier alpha value is -1.29. The molecule has 78 valence electrons. The van der Waals surface area contributed by atoms with Crippen molar-refractivity contribution in [3.8, 4) is 0 Å². The summed E-state index contributed by atoms with van der Waals surface area (Å²) < 4.78 is 4.67. The highest BCUT2D eigenvalue weighted by molar-refractivity contribution is 9.09. The van der Waals surface area contributed by atoms with Crippen LogP contribution in [0.15, 0.2) is 30.5 Å². The molecule has 0 aliphatic carbocycles. The van der Waals surface area contributed by atoms with Crippen molar-refractivity contribution in [1.82, 2.24) is 4.98 Å². The highest BCUT2D eigenvalue weighted by Crippen LogP contribution is 2.26. The number of hydrogen-bond acceptors (Lipinski definition) is 2. The number of H-pyrrole nitrogens is 1. The van der Waals surface area contributed by atoms with Gasteiger partial charge in [0, 0.05) is 11.7 Å². The Morgan fingerprint density at radius 2 is 2.27 bits per heavy atom. The lowest BCUT2D eigenvalue weighted by Gasteiger charge is -2.07. The fourth-order valence-electron chi connectivity index (χ4n) is 1.47. The van der Waals surface area contributed by atoms with Gasteiger partial charge in [-0.15, -0.1) is 0 Å². The number of aromatic nitrogens is 1. The number of ether oxygens (including phenoxy) is 1. The summed E-state index contributed by atoms with van der Waals surface area (Å²) in [5.74, 6) is -0.287. The monoisotopic (exact) mass is 267 g/mol. The van der Waals surface area contributed by atoms with Gasteiger partial charge in [0.15, 0.2) is 0 Å². The van der Waals surface area contributed by atoms with E-state index in [0.717, 1.165) is 16.5 Å². The molecule has 0 saturated carbocycles. The normalized spacial score (nSPS) is 12.7. The van der Waals surface area contributed by atoms with Gasteiger partial charge >= 0.3 is 5.97 Å². The molecule has 2 aromatic rings. The van der Waals surface area contributed by atoms with E-state index in [9.17, 15) is 4.79 Å². The highest BCUT2D eigenvalue weighted by atomic mass is 79.9. The minimum atomic E-state index is -0.401. The largest absolute Gasteiger partial charge is 0.468 e. The second kappa shape index (κ2) is 4.06. The fraction of sp³-hybridized carbons (Fsp3) is 0.182. The van der Waals surface area contributed by atoms with Crippen LogP contribution >= 0.6 is 15.9 Å². The van der Waals surface area contributed by atoms with Gasteiger partial charge in [-0.1, -0.05) is 22.0 Å². The molecular weight excluding hydrogens is 258 g/mol. The van der Waals surface area contributed by atoms with Crippen LogP contribution < -0.4 is 0 Å². The molecule has 4 heteroatoms. The van der Waals surface area contributed by atoms with E-state index < -0.39 is 4.83 Å². The second-order valence-electron chi connectivity index (χ2n) is 3.21. The van der Waals surface area contributed by atoms with Crippen LogP contribution in [0.3, 0.4) is 0 Å². The lowest BCUT2D eigenvalue weighted by molar-refractivity contribution is -0.139. The molecule has 0 aliphatic rings. The van der Waals surface area contributed by atoms with Crippen LogP contribution in [0.1, 0.15) is 10.4 Å². The number of alkyl halides is 1. The maximum atomic E-state index is 11.3. The first-order chi connectivity index (χ1) is 7.22. The summed E-state index contributed by atoms with van der Waals surface area (Å²) in [5.41, 5.74) is 1.96. The molecule has 1 heterocycles. The van der Waals surface area contributed by atoms with Crippen molar-refractivity contribution in [3.63, 3.8) is 0 Å². The van der Waals surface area contributed by atoms with Crippen LogP contribution in [0, 0.1) is 0 Å². The summed E-state index contributed by atoms with van der Waals surface area (Å²) in [6, 6.07) is 7.77. The predicted octanol–water partition coefficient (Wildman–Crippen LogP) is 2.78. The van der Waals surface area contributed by atoms with E-state index in [1.807, 2.05) is 30.5 Å². The topological polar surface area (TPSA) is 42.1 Å². The molecule has 0 spiro atoms. The SMILES string of the molecule is COC(=O)C(Br)c1ccc2[nH]ccc2c1. The zero-order valence-corrected chi connectivity index (χ0v) is 9.74. The van der Waals surface area contributed by atoms with Crippen LogP contribution in [0.4, 0.5) is 0 Å². The van der Waals surface area contributed by atoms with E-state index in [0.29, 0.717) is 0 Å². The summed E-state index contributed by atoms with van der Waals surface area (Å²) in [6.45, 7) is 0. The Balaban J connectivity index is 2.39. The third-order valence-electron chi connectivity index (χ3n) is 2.28. The number of carbonyl (C=O) groups excluding carboxylic acids is 1. The first-order valence-electron chi connectivity index (χ1n) is 4.51. The second-order valence-corrected chi connectivity index (χ2v) is 4.13. The molecule has 1 unspecified atom stereocenters. The van der Waals surface area contributed by atoms with Crippen molar-refractivity contribution in [2.45, 2.75) is 4.83 Å². The molecule has 0 radical (unpaired) electrons. The number of hydrogen-bond donors (Lipinski definition) is 1. The number of rotatable bonds is 2. The first kappa shape index (κ1) is 10.2. The van der Waals surface area contributed by atoms with Crippen molar-refractivity contribution in [2.75, 3.05) is 7.11 Å². The maximum Gasteiger partial charge on any atom is 0.323 e. The summed E-state index contributed by atoms with van der Waals surface area (Å²) in [5, 5.41) is 1.08. The number of methoxy groups -OCH3 is 1. The molecule has 0 saturated heterocycles. The summed E-state index contributed by atoms with van der Waals surface area (Å²) in [7, 11) is 1.38. The van der Waals surface area contributed by atoms with Crippen molar-refractivity contribution in [1.29, 1.82) is 0 Å². The zero-order chi connectivity index (χ0) is 10.8. The number of nitrogens with one attached hydrogen (secondary N) is 1. The van der Waals surface area contributed by atoms with Gasteiger partial charge in [-0.3, -0.25) is 4.79 Å². The quantitative estimate of drug-likeness (QED) is 0.672. The van der Waals surface area contributed by atoms with Gasteiger partial charge in [0.05, 0.1) is 7.11 Å². The summed E-state index contributed by atoms with van der Waals surface area (Å²) in [6.07, 6.45) is 1.87. The lowest BCUT2D eigenvalue weighted by Crippen LogP contribution is -2.07. The number of carbonyl (C=O) groups is 1. The third-order valence-corrected chi connectivity index (χ3v) is 3.18. The average molecular weight is 268 g/mol. The number of esters is 1. The van der Waals surface area contributed by atoms with Crippen LogP contribution in [-0.4, -0.2) is 18.1 Å². The molecule has 2 rings (SSSR count). The Bertz CT molecular complexity index is 492. The number of fused-ring (bicyclic) bond motifs is 1. The van der Waals surface area contributed by atoms with E-state index in [4.69, 9.17) is 0 Å². The standard InChI is InChI=1S/C11H10BrNO2/c1-15-11(14)10(12)8-2-3-9-7(6-8)4-5-13-9/h2-6,10,13H,1H3. The smallest absolute Gasteiger partial charge is 0.323 e. The Labute approximate surface area is 95.6 Å².